The van der Waals surface area contributed by atoms with Gasteiger partial charge in [-0.3, -0.25) is 15.6 Å². The number of amides is 2. The van der Waals surface area contributed by atoms with Crippen LogP contribution in [0.2, 0.25) is 10.0 Å². The SMILES string of the molecule is Cc1cc(C)nc(NC(=NCCSCc2nc[nH]c2C)NC(=O)Nc2ccc(Cl)c(Cl)c2)n1. The number of hydrogen-bond donors (Lipinski definition) is 4. The highest BCUT2D eigenvalue weighted by atomic mass is 35.5. The van der Waals surface area contributed by atoms with Crippen molar-refractivity contribution in [2.45, 2.75) is 26.5 Å². The summed E-state index contributed by atoms with van der Waals surface area (Å²) in [7, 11) is 0. The predicted octanol–water partition coefficient (Wildman–Crippen LogP) is 4.95. The predicted molar refractivity (Wildman–Crippen MR) is 136 cm³/mol. The van der Waals surface area contributed by atoms with E-state index < -0.39 is 6.03 Å². The number of nitrogens with zero attached hydrogens (tertiary/aromatic N) is 4. The Bertz CT molecular complexity index is 1130. The van der Waals surface area contributed by atoms with Crippen LogP contribution in [0, 0.1) is 20.8 Å². The molecule has 2 aromatic heterocycles. The fourth-order valence-corrected chi connectivity index (χ4v) is 3.91. The number of imidazole rings is 1. The summed E-state index contributed by atoms with van der Waals surface area (Å²) in [6.45, 7) is 6.20. The third-order valence-electron chi connectivity index (χ3n) is 4.30. The number of anilines is 2. The maximum Gasteiger partial charge on any atom is 0.326 e. The van der Waals surface area contributed by atoms with Crippen LogP contribution in [0.4, 0.5) is 16.4 Å². The van der Waals surface area contributed by atoms with E-state index in [1.807, 2.05) is 26.8 Å². The molecular weight excluding hydrogens is 483 g/mol. The molecule has 0 unspecified atom stereocenters. The Balaban J connectivity index is 1.64. The lowest BCUT2D eigenvalue weighted by Gasteiger charge is -2.12. The summed E-state index contributed by atoms with van der Waals surface area (Å²) in [5.74, 6) is 2.09. The first kappa shape index (κ1) is 24.8. The zero-order valence-electron chi connectivity index (χ0n) is 18.4. The number of H-pyrrole nitrogens is 1. The number of aliphatic imine (C=N–C) groups is 1. The third-order valence-corrected chi connectivity index (χ3v) is 5.99. The van der Waals surface area contributed by atoms with E-state index in [2.05, 4.69) is 40.9 Å². The van der Waals surface area contributed by atoms with Crippen molar-refractivity contribution in [1.82, 2.24) is 25.3 Å². The lowest BCUT2D eigenvalue weighted by Crippen LogP contribution is -2.39. The lowest BCUT2D eigenvalue weighted by atomic mass is 10.3. The standard InChI is InChI=1S/C21H24Cl2N8OS/c1-12-8-13(2)28-20(27-12)30-19(24-6-7-33-10-18-14(3)25-11-26-18)31-21(32)29-15-4-5-16(22)17(23)9-15/h4-5,8-9,11H,6-7,10H2,1-3H3,(H,25,26)(H3,24,27,28,29,30,31,32). The van der Waals surface area contributed by atoms with Gasteiger partial charge in [0.1, 0.15) is 0 Å². The lowest BCUT2D eigenvalue weighted by molar-refractivity contribution is 0.256. The molecule has 1 aromatic carbocycles. The summed E-state index contributed by atoms with van der Waals surface area (Å²) in [6, 6.07) is 6.19. The Morgan fingerprint density at radius 1 is 1.09 bits per heavy atom. The Hall–Kier alpha value is -2.82. The molecule has 2 heterocycles. The largest absolute Gasteiger partial charge is 0.348 e. The highest BCUT2D eigenvalue weighted by Crippen LogP contribution is 2.24. The van der Waals surface area contributed by atoms with Crippen molar-refractivity contribution in [1.29, 1.82) is 0 Å². The number of guanidine groups is 1. The number of aryl methyl sites for hydroxylation is 3. The molecule has 4 N–H and O–H groups in total. The second-order valence-electron chi connectivity index (χ2n) is 7.06. The van der Waals surface area contributed by atoms with Gasteiger partial charge in [-0.1, -0.05) is 23.2 Å². The van der Waals surface area contributed by atoms with Crippen molar-refractivity contribution in [2.75, 3.05) is 22.9 Å². The number of urea groups is 1. The first-order valence-corrected chi connectivity index (χ1v) is 11.9. The number of hydrogen-bond acceptors (Lipinski definition) is 6. The van der Waals surface area contributed by atoms with Crippen molar-refractivity contribution in [3.8, 4) is 0 Å². The zero-order valence-corrected chi connectivity index (χ0v) is 20.7. The van der Waals surface area contributed by atoms with Crippen LogP contribution in [0.15, 0.2) is 35.6 Å². The Labute approximate surface area is 206 Å². The Morgan fingerprint density at radius 3 is 2.52 bits per heavy atom. The van der Waals surface area contributed by atoms with Crippen molar-refractivity contribution in [3.05, 3.63) is 63.4 Å². The van der Waals surface area contributed by atoms with E-state index in [1.54, 1.807) is 36.3 Å². The van der Waals surface area contributed by atoms with E-state index in [1.165, 1.54) is 0 Å². The van der Waals surface area contributed by atoms with Crippen molar-refractivity contribution in [2.24, 2.45) is 4.99 Å². The highest BCUT2D eigenvalue weighted by molar-refractivity contribution is 7.98. The molecule has 0 saturated heterocycles. The zero-order chi connectivity index (χ0) is 23.8. The summed E-state index contributed by atoms with van der Waals surface area (Å²) < 4.78 is 0. The molecule has 3 aromatic rings. The molecule has 0 aliphatic rings. The molecule has 33 heavy (non-hydrogen) atoms. The Kier molecular flexibility index (Phi) is 8.93. The van der Waals surface area contributed by atoms with Crippen LogP contribution in [-0.2, 0) is 5.75 Å². The molecule has 12 heteroatoms. The number of halogens is 2. The fourth-order valence-electron chi connectivity index (χ4n) is 2.77. The second kappa shape index (κ2) is 11.9. The molecule has 2 amide bonds. The number of carbonyl (C=O) groups is 1. The molecule has 0 aliphatic carbocycles. The van der Waals surface area contributed by atoms with Gasteiger partial charge in [0, 0.05) is 34.3 Å². The van der Waals surface area contributed by atoms with E-state index in [0.29, 0.717) is 28.2 Å². The minimum absolute atomic E-state index is 0.231. The number of aromatic nitrogens is 4. The molecule has 9 nitrogen and oxygen atoms in total. The van der Waals surface area contributed by atoms with Crippen LogP contribution in [0.25, 0.3) is 0 Å². The molecular formula is C21H24Cl2N8OS. The van der Waals surface area contributed by atoms with Crippen LogP contribution in [0.3, 0.4) is 0 Å². The number of rotatable bonds is 7. The normalized spacial score (nSPS) is 11.4. The van der Waals surface area contributed by atoms with Crippen molar-refractivity contribution in [3.63, 3.8) is 0 Å². The molecule has 174 valence electrons. The van der Waals surface area contributed by atoms with Gasteiger partial charge in [-0.25, -0.2) is 19.7 Å². The number of benzene rings is 1. The molecule has 0 spiro atoms. The van der Waals surface area contributed by atoms with Gasteiger partial charge in [-0.2, -0.15) is 11.8 Å². The maximum atomic E-state index is 12.5. The van der Waals surface area contributed by atoms with Crippen LogP contribution in [0.5, 0.6) is 0 Å². The third kappa shape index (κ3) is 7.92. The molecule has 3 rings (SSSR count). The molecule has 0 bridgehead atoms. The monoisotopic (exact) mass is 506 g/mol. The average Bonchev–Trinajstić information content (AvgIpc) is 3.14. The van der Waals surface area contributed by atoms with Crippen LogP contribution >= 0.6 is 35.0 Å². The van der Waals surface area contributed by atoms with Gasteiger partial charge in [0.2, 0.25) is 11.9 Å². The molecule has 0 aliphatic heterocycles. The van der Waals surface area contributed by atoms with Gasteiger partial charge in [-0.15, -0.1) is 0 Å². The van der Waals surface area contributed by atoms with Gasteiger partial charge in [-0.05, 0) is 45.0 Å². The molecule has 0 fully saturated rings. The Morgan fingerprint density at radius 2 is 1.85 bits per heavy atom. The van der Waals surface area contributed by atoms with Crippen LogP contribution < -0.4 is 16.0 Å². The quantitative estimate of drug-likeness (QED) is 0.204. The minimum atomic E-state index is -0.496. The molecule has 0 saturated carbocycles. The van der Waals surface area contributed by atoms with Gasteiger partial charge in [0.05, 0.1) is 28.6 Å². The smallest absolute Gasteiger partial charge is 0.326 e. The number of carbonyl (C=O) groups excluding carboxylic acids is 1. The van der Waals surface area contributed by atoms with Crippen molar-refractivity contribution >= 4 is 58.6 Å². The van der Waals surface area contributed by atoms with Gasteiger partial charge >= 0.3 is 6.03 Å². The van der Waals surface area contributed by atoms with Gasteiger partial charge < -0.3 is 10.3 Å². The van der Waals surface area contributed by atoms with E-state index in [4.69, 9.17) is 23.2 Å². The number of thioether (sulfide) groups is 1. The van der Waals surface area contributed by atoms with Crippen LogP contribution in [0.1, 0.15) is 22.8 Å². The first-order valence-electron chi connectivity index (χ1n) is 10.0. The van der Waals surface area contributed by atoms with Crippen LogP contribution in [-0.4, -0.2) is 44.2 Å². The topological polar surface area (TPSA) is 120 Å². The maximum absolute atomic E-state index is 12.5. The summed E-state index contributed by atoms with van der Waals surface area (Å²) in [4.78, 5) is 33.1. The second-order valence-corrected chi connectivity index (χ2v) is 8.98. The van der Waals surface area contributed by atoms with Gasteiger partial charge in [0.25, 0.3) is 0 Å². The summed E-state index contributed by atoms with van der Waals surface area (Å²) in [5.41, 5.74) is 4.17. The highest BCUT2D eigenvalue weighted by Gasteiger charge is 2.10. The molecule has 0 radical (unpaired) electrons. The average molecular weight is 507 g/mol. The summed E-state index contributed by atoms with van der Waals surface area (Å²) >= 11 is 13.6. The first-order chi connectivity index (χ1) is 15.8. The summed E-state index contributed by atoms with van der Waals surface area (Å²) in [5, 5.41) is 9.15. The summed E-state index contributed by atoms with van der Waals surface area (Å²) in [6.07, 6.45) is 1.69. The van der Waals surface area contributed by atoms with E-state index in [0.717, 1.165) is 34.3 Å². The fraction of sp³-hybridized carbons (Fsp3) is 0.286. The van der Waals surface area contributed by atoms with E-state index in [9.17, 15) is 4.79 Å². The van der Waals surface area contributed by atoms with Crippen molar-refractivity contribution < 1.29 is 4.79 Å². The minimum Gasteiger partial charge on any atom is -0.348 e. The molecule has 0 atom stereocenters. The number of nitrogens with one attached hydrogen (secondary N) is 4. The van der Waals surface area contributed by atoms with E-state index in [-0.39, 0.29) is 5.96 Å². The van der Waals surface area contributed by atoms with Gasteiger partial charge in [0.15, 0.2) is 0 Å². The number of aromatic amines is 1. The van der Waals surface area contributed by atoms with E-state index >= 15 is 0 Å².